The van der Waals surface area contributed by atoms with Gasteiger partial charge in [-0.3, -0.25) is 4.68 Å². The van der Waals surface area contributed by atoms with Crippen LogP contribution in [0.1, 0.15) is 30.6 Å². The fourth-order valence-corrected chi connectivity index (χ4v) is 3.19. The monoisotopic (exact) mass is 449 g/mol. The molecule has 1 atom stereocenters. The molecule has 6 heteroatoms. The molecule has 4 nitrogen and oxygen atoms in total. The van der Waals surface area contributed by atoms with Crippen LogP contribution in [0.2, 0.25) is 0 Å². The van der Waals surface area contributed by atoms with E-state index in [9.17, 15) is 0 Å². The summed E-state index contributed by atoms with van der Waals surface area (Å²) in [5, 5.41) is 4.37. The molecule has 0 aliphatic rings. The highest BCUT2D eigenvalue weighted by Crippen LogP contribution is 2.32. The number of rotatable bonds is 5. The number of halogens is 2. The number of methoxy groups -OCH3 is 1. The second kappa shape index (κ2) is 6.91. The molecule has 1 heterocycles. The van der Waals surface area contributed by atoms with Gasteiger partial charge in [-0.15, -0.1) is 0 Å². The third-order valence-electron chi connectivity index (χ3n) is 3.09. The second-order valence-corrected chi connectivity index (χ2v) is 6.54. The second-order valence-electron chi connectivity index (χ2n) is 4.46. The SMILES string of the molecule is CCCn1ncc(OC)c1C(N)c1cc(Br)ccc1I. The molecule has 1 aromatic carbocycles. The minimum Gasteiger partial charge on any atom is -0.493 e. The van der Waals surface area contributed by atoms with Crippen LogP contribution in [0.25, 0.3) is 0 Å². The molecule has 0 saturated heterocycles. The van der Waals surface area contributed by atoms with Crippen molar-refractivity contribution < 1.29 is 4.74 Å². The molecule has 1 unspecified atom stereocenters. The van der Waals surface area contributed by atoms with Crippen LogP contribution in [0.4, 0.5) is 0 Å². The molecule has 0 aliphatic heterocycles. The predicted octanol–water partition coefficient (Wildman–Crippen LogP) is 3.72. The van der Waals surface area contributed by atoms with Gasteiger partial charge in [0.15, 0.2) is 5.75 Å². The van der Waals surface area contributed by atoms with Crippen molar-refractivity contribution in [1.29, 1.82) is 0 Å². The van der Waals surface area contributed by atoms with Crippen LogP contribution in [-0.2, 0) is 6.54 Å². The molecule has 1 aromatic heterocycles. The van der Waals surface area contributed by atoms with Crippen molar-refractivity contribution in [3.05, 3.63) is 43.7 Å². The quantitative estimate of drug-likeness (QED) is 0.707. The molecule has 0 aliphatic carbocycles. The zero-order valence-corrected chi connectivity index (χ0v) is 15.2. The molecule has 0 saturated carbocycles. The van der Waals surface area contributed by atoms with Crippen molar-refractivity contribution in [2.75, 3.05) is 7.11 Å². The zero-order valence-electron chi connectivity index (χ0n) is 11.4. The summed E-state index contributed by atoms with van der Waals surface area (Å²) in [7, 11) is 1.65. The van der Waals surface area contributed by atoms with Crippen LogP contribution in [0.15, 0.2) is 28.9 Å². The molecule has 0 radical (unpaired) electrons. The topological polar surface area (TPSA) is 53.1 Å². The Hall–Kier alpha value is -0.600. The number of nitrogens with two attached hydrogens (primary N) is 1. The van der Waals surface area contributed by atoms with E-state index in [1.54, 1.807) is 13.3 Å². The number of aryl methyl sites for hydroxylation is 1. The van der Waals surface area contributed by atoms with Crippen molar-refractivity contribution in [3.63, 3.8) is 0 Å². The lowest BCUT2D eigenvalue weighted by Crippen LogP contribution is -2.19. The molecule has 2 aromatic rings. The fourth-order valence-electron chi connectivity index (χ4n) is 2.14. The average molecular weight is 450 g/mol. The normalized spacial score (nSPS) is 12.4. The van der Waals surface area contributed by atoms with Crippen LogP contribution < -0.4 is 10.5 Å². The predicted molar refractivity (Wildman–Crippen MR) is 92.0 cm³/mol. The van der Waals surface area contributed by atoms with Crippen LogP contribution in [0.3, 0.4) is 0 Å². The Morgan fingerprint density at radius 2 is 2.25 bits per heavy atom. The third-order valence-corrected chi connectivity index (χ3v) is 4.56. The largest absolute Gasteiger partial charge is 0.493 e. The lowest BCUT2D eigenvalue weighted by Gasteiger charge is -2.17. The molecular weight excluding hydrogens is 433 g/mol. The Morgan fingerprint density at radius 1 is 1.50 bits per heavy atom. The lowest BCUT2D eigenvalue weighted by molar-refractivity contribution is 0.404. The Labute approximate surface area is 141 Å². The number of benzene rings is 1. The summed E-state index contributed by atoms with van der Waals surface area (Å²) >= 11 is 5.80. The van der Waals surface area contributed by atoms with Gasteiger partial charge in [0.25, 0.3) is 0 Å². The van der Waals surface area contributed by atoms with Gasteiger partial charge in [0.2, 0.25) is 0 Å². The number of hydrogen-bond donors (Lipinski definition) is 1. The van der Waals surface area contributed by atoms with Crippen molar-refractivity contribution in [2.45, 2.75) is 25.9 Å². The van der Waals surface area contributed by atoms with Crippen LogP contribution in [-0.4, -0.2) is 16.9 Å². The van der Waals surface area contributed by atoms with Gasteiger partial charge < -0.3 is 10.5 Å². The summed E-state index contributed by atoms with van der Waals surface area (Å²) in [6, 6.07) is 5.85. The maximum atomic E-state index is 6.47. The summed E-state index contributed by atoms with van der Waals surface area (Å²) in [4.78, 5) is 0. The Kier molecular flexibility index (Phi) is 5.45. The van der Waals surface area contributed by atoms with E-state index in [2.05, 4.69) is 56.6 Å². The highest BCUT2D eigenvalue weighted by Gasteiger charge is 2.22. The van der Waals surface area contributed by atoms with Crippen molar-refractivity contribution >= 4 is 38.5 Å². The average Bonchev–Trinajstić information content (AvgIpc) is 2.84. The molecule has 108 valence electrons. The molecule has 2 rings (SSSR count). The highest BCUT2D eigenvalue weighted by molar-refractivity contribution is 14.1. The Balaban J connectivity index is 2.48. The van der Waals surface area contributed by atoms with Crippen LogP contribution in [0, 0.1) is 3.57 Å². The van der Waals surface area contributed by atoms with E-state index in [0.717, 1.165) is 38.0 Å². The Morgan fingerprint density at radius 3 is 2.90 bits per heavy atom. The number of ether oxygens (including phenoxy) is 1. The summed E-state index contributed by atoms with van der Waals surface area (Å²) in [5.41, 5.74) is 8.46. The highest BCUT2D eigenvalue weighted by atomic mass is 127. The summed E-state index contributed by atoms with van der Waals surface area (Å²) in [5.74, 6) is 0.738. The van der Waals surface area contributed by atoms with Gasteiger partial charge in [0.05, 0.1) is 19.3 Å². The fraction of sp³-hybridized carbons (Fsp3) is 0.357. The zero-order chi connectivity index (χ0) is 14.7. The molecule has 0 amide bonds. The minimum atomic E-state index is -0.261. The summed E-state index contributed by atoms with van der Waals surface area (Å²) in [6.45, 7) is 2.95. The van der Waals surface area contributed by atoms with Gasteiger partial charge in [-0.05, 0) is 52.8 Å². The maximum Gasteiger partial charge on any atom is 0.161 e. The standard InChI is InChI=1S/C14H17BrIN3O/c1-3-6-19-14(12(20-2)8-18-19)13(17)10-7-9(15)4-5-11(10)16/h4-5,7-8,13H,3,6,17H2,1-2H3. The van der Waals surface area contributed by atoms with Gasteiger partial charge in [-0.25, -0.2) is 0 Å². The van der Waals surface area contributed by atoms with E-state index in [4.69, 9.17) is 10.5 Å². The van der Waals surface area contributed by atoms with E-state index in [-0.39, 0.29) is 6.04 Å². The smallest absolute Gasteiger partial charge is 0.161 e. The minimum absolute atomic E-state index is 0.261. The first-order valence-corrected chi connectivity index (χ1v) is 8.25. The van der Waals surface area contributed by atoms with Gasteiger partial charge in [0.1, 0.15) is 5.69 Å². The first-order valence-electron chi connectivity index (χ1n) is 6.38. The molecule has 20 heavy (non-hydrogen) atoms. The molecule has 0 spiro atoms. The van der Waals surface area contributed by atoms with Crippen molar-refractivity contribution in [2.24, 2.45) is 5.73 Å². The van der Waals surface area contributed by atoms with E-state index in [1.165, 1.54) is 0 Å². The van der Waals surface area contributed by atoms with Gasteiger partial charge in [-0.2, -0.15) is 5.10 Å². The maximum absolute atomic E-state index is 6.47. The van der Waals surface area contributed by atoms with E-state index < -0.39 is 0 Å². The molecule has 0 fully saturated rings. The summed E-state index contributed by atoms with van der Waals surface area (Å²) < 4.78 is 9.49. The summed E-state index contributed by atoms with van der Waals surface area (Å²) in [6.07, 6.45) is 2.73. The van der Waals surface area contributed by atoms with Gasteiger partial charge >= 0.3 is 0 Å². The first-order chi connectivity index (χ1) is 9.58. The lowest BCUT2D eigenvalue weighted by atomic mass is 10.0. The molecule has 2 N–H and O–H groups in total. The van der Waals surface area contributed by atoms with Crippen molar-refractivity contribution in [3.8, 4) is 5.75 Å². The van der Waals surface area contributed by atoms with Crippen molar-refractivity contribution in [1.82, 2.24) is 9.78 Å². The molecule has 0 bridgehead atoms. The van der Waals surface area contributed by atoms with Gasteiger partial charge in [0, 0.05) is 14.6 Å². The van der Waals surface area contributed by atoms with E-state index in [0.29, 0.717) is 0 Å². The number of nitrogens with zero attached hydrogens (tertiary/aromatic N) is 2. The number of hydrogen-bond acceptors (Lipinski definition) is 3. The number of aromatic nitrogens is 2. The Bertz CT molecular complexity index is 600. The van der Waals surface area contributed by atoms with Gasteiger partial charge in [-0.1, -0.05) is 22.9 Å². The van der Waals surface area contributed by atoms with E-state index >= 15 is 0 Å². The first kappa shape index (κ1) is 15.8. The van der Waals surface area contributed by atoms with Crippen LogP contribution >= 0.6 is 38.5 Å². The molecular formula is C14H17BrIN3O. The van der Waals surface area contributed by atoms with Crippen LogP contribution in [0.5, 0.6) is 5.75 Å². The van der Waals surface area contributed by atoms with E-state index in [1.807, 2.05) is 16.8 Å². The third kappa shape index (κ3) is 3.17.